The summed E-state index contributed by atoms with van der Waals surface area (Å²) in [5.41, 5.74) is 4.13. The van der Waals surface area contributed by atoms with E-state index in [-0.39, 0.29) is 5.91 Å². The van der Waals surface area contributed by atoms with E-state index in [1.54, 1.807) is 6.26 Å². The van der Waals surface area contributed by atoms with E-state index in [1.807, 2.05) is 30.3 Å². The molecule has 2 aromatic heterocycles. The standard InChI is InChI=1S/C25H28N4O3/c30-25(26-9-7-24-27-21-3-1-2-4-22(21)28-24)16-29-10-12-31-17-19(15-29)13-18-5-6-20-8-11-32-23(20)14-18/h1-6,8,11,14,19H,7,9-10,12-13,15-17H2,(H,26,30)(H,27,28)/t19-/m1/s1. The molecule has 7 heteroatoms. The predicted octanol–water partition coefficient (Wildman–Crippen LogP) is 3.16. The van der Waals surface area contributed by atoms with Crippen molar-refractivity contribution in [1.82, 2.24) is 20.2 Å². The zero-order chi connectivity index (χ0) is 21.8. The van der Waals surface area contributed by atoms with Gasteiger partial charge in [0.15, 0.2) is 0 Å². The Balaban J connectivity index is 1.11. The van der Waals surface area contributed by atoms with Crippen molar-refractivity contribution in [2.75, 3.05) is 39.4 Å². The summed E-state index contributed by atoms with van der Waals surface area (Å²) in [5, 5.41) is 4.15. The largest absolute Gasteiger partial charge is 0.464 e. The number of amides is 1. The number of fused-ring (bicyclic) bond motifs is 2. The highest BCUT2D eigenvalue weighted by molar-refractivity contribution is 5.78. The molecule has 0 radical (unpaired) electrons. The Morgan fingerprint density at radius 1 is 1.22 bits per heavy atom. The second kappa shape index (κ2) is 9.54. The van der Waals surface area contributed by atoms with Crippen LogP contribution in [-0.4, -0.2) is 60.2 Å². The smallest absolute Gasteiger partial charge is 0.234 e. The van der Waals surface area contributed by atoms with Crippen LogP contribution in [0.25, 0.3) is 22.0 Å². The van der Waals surface area contributed by atoms with E-state index in [0.29, 0.717) is 38.6 Å². The summed E-state index contributed by atoms with van der Waals surface area (Å²) in [5.74, 6) is 1.27. The number of furan rings is 1. The first-order valence-electron chi connectivity index (χ1n) is 11.2. The fourth-order valence-corrected chi connectivity index (χ4v) is 4.38. The first kappa shape index (κ1) is 20.7. The lowest BCUT2D eigenvalue weighted by molar-refractivity contribution is -0.122. The maximum Gasteiger partial charge on any atom is 0.234 e. The molecule has 0 unspecified atom stereocenters. The lowest BCUT2D eigenvalue weighted by Crippen LogP contribution is -2.40. The molecule has 1 amide bonds. The Bertz CT molecular complexity index is 1170. The molecule has 166 valence electrons. The molecule has 3 heterocycles. The Morgan fingerprint density at radius 2 is 2.16 bits per heavy atom. The molecule has 1 aliphatic rings. The first-order chi connectivity index (χ1) is 15.7. The van der Waals surface area contributed by atoms with Crippen molar-refractivity contribution >= 4 is 27.9 Å². The van der Waals surface area contributed by atoms with Gasteiger partial charge >= 0.3 is 0 Å². The number of hydrogen-bond donors (Lipinski definition) is 2. The van der Waals surface area contributed by atoms with Crippen LogP contribution < -0.4 is 5.32 Å². The molecule has 7 nitrogen and oxygen atoms in total. The van der Waals surface area contributed by atoms with Gasteiger partial charge in [0, 0.05) is 31.4 Å². The molecule has 32 heavy (non-hydrogen) atoms. The van der Waals surface area contributed by atoms with Crippen LogP contribution in [0.4, 0.5) is 0 Å². The Morgan fingerprint density at radius 3 is 3.09 bits per heavy atom. The molecule has 0 bridgehead atoms. The SMILES string of the molecule is O=C(CN1CCOC[C@H](Cc2ccc3ccoc3c2)C1)NCCc1nc2ccccc2[nH]1. The number of rotatable bonds is 7. The van der Waals surface area contributed by atoms with Gasteiger partial charge in [-0.2, -0.15) is 0 Å². The predicted molar refractivity (Wildman–Crippen MR) is 123 cm³/mol. The average molecular weight is 433 g/mol. The molecule has 1 aliphatic heterocycles. The van der Waals surface area contributed by atoms with Gasteiger partial charge in [-0.1, -0.05) is 24.3 Å². The van der Waals surface area contributed by atoms with Crippen molar-refractivity contribution in [3.05, 3.63) is 66.2 Å². The van der Waals surface area contributed by atoms with Crippen molar-refractivity contribution in [3.8, 4) is 0 Å². The molecule has 1 atom stereocenters. The van der Waals surface area contributed by atoms with Gasteiger partial charge in [0.05, 0.1) is 37.1 Å². The van der Waals surface area contributed by atoms with Gasteiger partial charge in [0.25, 0.3) is 0 Å². The summed E-state index contributed by atoms with van der Waals surface area (Å²) >= 11 is 0. The number of nitrogens with one attached hydrogen (secondary N) is 2. The lowest BCUT2D eigenvalue weighted by Gasteiger charge is -2.22. The van der Waals surface area contributed by atoms with Crippen molar-refractivity contribution in [1.29, 1.82) is 0 Å². The van der Waals surface area contributed by atoms with Crippen LogP contribution in [0.5, 0.6) is 0 Å². The van der Waals surface area contributed by atoms with Crippen molar-refractivity contribution in [2.24, 2.45) is 5.92 Å². The van der Waals surface area contributed by atoms with Gasteiger partial charge in [0.2, 0.25) is 5.91 Å². The highest BCUT2D eigenvalue weighted by atomic mass is 16.5. The maximum atomic E-state index is 12.5. The molecule has 2 aromatic carbocycles. The number of H-pyrrole nitrogens is 1. The van der Waals surface area contributed by atoms with Crippen LogP contribution in [-0.2, 0) is 22.4 Å². The summed E-state index contributed by atoms with van der Waals surface area (Å²) in [6, 6.07) is 16.3. The highest BCUT2D eigenvalue weighted by Crippen LogP contribution is 2.20. The van der Waals surface area contributed by atoms with E-state index >= 15 is 0 Å². The van der Waals surface area contributed by atoms with Crippen LogP contribution in [0.3, 0.4) is 0 Å². The molecular weight excluding hydrogens is 404 g/mol. The van der Waals surface area contributed by atoms with Crippen LogP contribution >= 0.6 is 0 Å². The third kappa shape index (κ3) is 5.00. The second-order valence-corrected chi connectivity index (χ2v) is 8.47. The number of aromatic nitrogens is 2. The molecule has 1 saturated heterocycles. The van der Waals surface area contributed by atoms with Gasteiger partial charge in [-0.3, -0.25) is 9.69 Å². The third-order valence-electron chi connectivity index (χ3n) is 5.96. The van der Waals surface area contributed by atoms with Gasteiger partial charge in [-0.15, -0.1) is 0 Å². The number of nitrogens with zero attached hydrogens (tertiary/aromatic N) is 2. The van der Waals surface area contributed by atoms with Gasteiger partial charge in [-0.25, -0.2) is 4.98 Å². The Hall–Kier alpha value is -3.16. The average Bonchev–Trinajstić information content (AvgIpc) is 3.36. The van der Waals surface area contributed by atoms with E-state index in [2.05, 4.69) is 38.4 Å². The zero-order valence-electron chi connectivity index (χ0n) is 18.0. The monoisotopic (exact) mass is 432 g/mol. The normalized spacial score (nSPS) is 17.6. The third-order valence-corrected chi connectivity index (χ3v) is 5.96. The first-order valence-corrected chi connectivity index (χ1v) is 11.2. The van der Waals surface area contributed by atoms with Crippen LogP contribution in [0.15, 0.2) is 59.2 Å². The minimum Gasteiger partial charge on any atom is -0.464 e. The van der Waals surface area contributed by atoms with E-state index in [4.69, 9.17) is 9.15 Å². The topological polar surface area (TPSA) is 83.4 Å². The van der Waals surface area contributed by atoms with Crippen molar-refractivity contribution in [2.45, 2.75) is 12.8 Å². The zero-order valence-corrected chi connectivity index (χ0v) is 18.0. The Labute approximate surface area is 186 Å². The fourth-order valence-electron chi connectivity index (χ4n) is 4.38. The molecular formula is C25H28N4O3. The number of hydrogen-bond acceptors (Lipinski definition) is 5. The number of carbonyl (C=O) groups is 1. The molecule has 2 N–H and O–H groups in total. The second-order valence-electron chi connectivity index (χ2n) is 8.47. The van der Waals surface area contributed by atoms with E-state index in [1.165, 1.54) is 5.56 Å². The number of ether oxygens (including phenoxy) is 1. The Kier molecular flexibility index (Phi) is 6.18. The molecule has 1 fully saturated rings. The maximum absolute atomic E-state index is 12.5. The molecule has 0 aliphatic carbocycles. The molecule has 0 spiro atoms. The van der Waals surface area contributed by atoms with Crippen LogP contribution in [0, 0.1) is 5.92 Å². The number of benzene rings is 2. The van der Waals surface area contributed by atoms with E-state index in [9.17, 15) is 4.79 Å². The summed E-state index contributed by atoms with van der Waals surface area (Å²) in [6.07, 6.45) is 3.31. The molecule has 4 aromatic rings. The number of para-hydroxylation sites is 2. The lowest BCUT2D eigenvalue weighted by atomic mass is 9.99. The number of imidazole rings is 1. The summed E-state index contributed by atoms with van der Waals surface area (Å²) < 4.78 is 11.4. The summed E-state index contributed by atoms with van der Waals surface area (Å²) in [4.78, 5) is 22.6. The minimum atomic E-state index is 0.0405. The summed E-state index contributed by atoms with van der Waals surface area (Å²) in [6.45, 7) is 3.92. The van der Waals surface area contributed by atoms with Gasteiger partial charge in [0.1, 0.15) is 11.4 Å². The van der Waals surface area contributed by atoms with Gasteiger partial charge < -0.3 is 19.5 Å². The summed E-state index contributed by atoms with van der Waals surface area (Å²) in [7, 11) is 0. The fraction of sp³-hybridized carbons (Fsp3) is 0.360. The van der Waals surface area contributed by atoms with Crippen LogP contribution in [0.2, 0.25) is 0 Å². The van der Waals surface area contributed by atoms with Gasteiger partial charge in [-0.05, 0) is 42.2 Å². The van der Waals surface area contributed by atoms with Crippen LogP contribution in [0.1, 0.15) is 11.4 Å². The van der Waals surface area contributed by atoms with Crippen molar-refractivity contribution in [3.63, 3.8) is 0 Å². The highest BCUT2D eigenvalue weighted by Gasteiger charge is 2.21. The number of carbonyl (C=O) groups excluding carboxylic acids is 1. The van der Waals surface area contributed by atoms with Crippen molar-refractivity contribution < 1.29 is 13.9 Å². The molecule has 5 rings (SSSR count). The van der Waals surface area contributed by atoms with E-state index < -0.39 is 0 Å². The quantitative estimate of drug-likeness (QED) is 0.469. The van der Waals surface area contributed by atoms with E-state index in [0.717, 1.165) is 47.3 Å². The number of aromatic amines is 1. The molecule has 0 saturated carbocycles. The minimum absolute atomic E-state index is 0.0405.